The van der Waals surface area contributed by atoms with Gasteiger partial charge in [-0.05, 0) is 45.0 Å². The van der Waals surface area contributed by atoms with Gasteiger partial charge in [0.15, 0.2) is 0 Å². The van der Waals surface area contributed by atoms with Crippen molar-refractivity contribution in [3.8, 4) is 11.5 Å². The molecule has 1 heterocycles. The van der Waals surface area contributed by atoms with Crippen LogP contribution in [0.1, 0.15) is 25.0 Å². The lowest BCUT2D eigenvalue weighted by atomic mass is 10.1. The van der Waals surface area contributed by atoms with Crippen molar-refractivity contribution in [1.82, 2.24) is 0 Å². The van der Waals surface area contributed by atoms with Crippen LogP contribution in [0, 0.1) is 6.92 Å². The van der Waals surface area contributed by atoms with Gasteiger partial charge in [0.2, 0.25) is 0 Å². The fraction of sp³-hybridized carbons (Fsp3) is 0.182. The number of alkyl halides is 3. The number of fused-ring (bicyclic) bond motifs is 3. The fourth-order valence-corrected chi connectivity index (χ4v) is 4.19. The van der Waals surface area contributed by atoms with Crippen molar-refractivity contribution in [2.75, 3.05) is 0 Å². The van der Waals surface area contributed by atoms with Gasteiger partial charge >= 0.3 is 18.1 Å². The van der Waals surface area contributed by atoms with Gasteiger partial charge in [0.05, 0.1) is 4.70 Å². The average Bonchev–Trinajstić information content (AvgIpc) is 3.01. The van der Waals surface area contributed by atoms with Crippen molar-refractivity contribution < 1.29 is 32.2 Å². The zero-order valence-electron chi connectivity index (χ0n) is 16.4. The van der Waals surface area contributed by atoms with Crippen LogP contribution in [-0.4, -0.2) is 11.9 Å². The molecule has 0 unspecified atom stereocenters. The van der Waals surface area contributed by atoms with Crippen LogP contribution in [0.4, 0.5) is 13.2 Å². The van der Waals surface area contributed by atoms with E-state index < -0.39 is 29.4 Å². The molecule has 0 atom stereocenters. The number of carbonyl (C=O) groups excluding carboxylic acids is 2. The first-order valence-electron chi connectivity index (χ1n) is 8.73. The second-order valence-corrected chi connectivity index (χ2v) is 7.84. The molecule has 3 rings (SSSR count). The number of hydrogen-bond donors (Lipinski definition) is 0. The molecule has 0 aliphatic carbocycles. The number of rotatable bonds is 4. The van der Waals surface area contributed by atoms with Gasteiger partial charge in [-0.25, -0.2) is 9.59 Å². The Kier molecular flexibility index (Phi) is 5.47. The van der Waals surface area contributed by atoms with Gasteiger partial charge in [-0.3, -0.25) is 0 Å². The summed E-state index contributed by atoms with van der Waals surface area (Å²) in [5.74, 6) is -1.90. The van der Waals surface area contributed by atoms with Crippen LogP contribution in [0.25, 0.3) is 20.2 Å². The molecule has 0 fully saturated rings. The molecule has 30 heavy (non-hydrogen) atoms. The monoisotopic (exact) mass is 434 g/mol. The van der Waals surface area contributed by atoms with E-state index in [1.807, 2.05) is 0 Å². The molecule has 0 aliphatic rings. The van der Waals surface area contributed by atoms with Gasteiger partial charge < -0.3 is 9.47 Å². The maximum atomic E-state index is 13.9. The summed E-state index contributed by atoms with van der Waals surface area (Å²) in [5, 5.41) is 0.934. The highest BCUT2D eigenvalue weighted by molar-refractivity contribution is 7.26. The molecule has 0 bridgehead atoms. The normalized spacial score (nSPS) is 11.5. The zero-order valence-corrected chi connectivity index (χ0v) is 17.2. The number of carbonyl (C=O) groups is 2. The number of benzene rings is 2. The van der Waals surface area contributed by atoms with E-state index in [4.69, 9.17) is 9.47 Å². The van der Waals surface area contributed by atoms with E-state index in [2.05, 4.69) is 13.2 Å². The molecule has 0 spiro atoms. The largest absolute Gasteiger partial charge is 0.423 e. The van der Waals surface area contributed by atoms with Gasteiger partial charge in [0.1, 0.15) is 17.1 Å². The smallest absolute Gasteiger partial charge is 0.421 e. The summed E-state index contributed by atoms with van der Waals surface area (Å²) in [6.07, 6.45) is -4.76. The molecular formula is C22H17F3O4S. The summed E-state index contributed by atoms with van der Waals surface area (Å²) in [6.45, 7) is 11.4. The highest BCUT2D eigenvalue weighted by Crippen LogP contribution is 2.48. The lowest BCUT2D eigenvalue weighted by molar-refractivity contribution is -0.140. The van der Waals surface area contributed by atoms with Crippen molar-refractivity contribution in [2.24, 2.45) is 0 Å². The summed E-state index contributed by atoms with van der Waals surface area (Å²) in [5.41, 5.74) is -0.318. The molecule has 0 saturated carbocycles. The first-order chi connectivity index (χ1) is 13.9. The Bertz CT molecular complexity index is 1230. The van der Waals surface area contributed by atoms with Gasteiger partial charge in [0.25, 0.3) is 0 Å². The number of ether oxygens (including phenoxy) is 2. The predicted molar refractivity (Wildman–Crippen MR) is 110 cm³/mol. The zero-order chi connectivity index (χ0) is 22.4. The molecule has 0 radical (unpaired) electrons. The maximum Gasteiger partial charge on any atom is 0.421 e. The molecular weight excluding hydrogens is 417 g/mol. The van der Waals surface area contributed by atoms with Crippen molar-refractivity contribution in [2.45, 2.75) is 26.9 Å². The Hall–Kier alpha value is -3.13. The van der Waals surface area contributed by atoms with E-state index in [1.54, 1.807) is 13.0 Å². The van der Waals surface area contributed by atoms with E-state index >= 15 is 0 Å². The van der Waals surface area contributed by atoms with Gasteiger partial charge in [-0.15, -0.1) is 11.3 Å². The first-order valence-corrected chi connectivity index (χ1v) is 9.54. The summed E-state index contributed by atoms with van der Waals surface area (Å²) < 4.78 is 52.4. The van der Waals surface area contributed by atoms with Gasteiger partial charge in [-0.1, -0.05) is 13.2 Å². The van der Waals surface area contributed by atoms with Crippen LogP contribution in [-0.2, 0) is 15.8 Å². The van der Waals surface area contributed by atoms with Crippen molar-refractivity contribution in [3.63, 3.8) is 0 Å². The molecule has 2 aromatic carbocycles. The molecule has 0 saturated heterocycles. The Balaban J connectivity index is 2.26. The standard InChI is InChI=1S/C22H17F3O4S/c1-10(2)20(26)28-15-8-6-13-14-7-9-16(29-21(27)11(3)4)17(22(23,24)25)19(14)30-18(13)12(15)5/h6-9H,1,3H2,2,4-5H3. The van der Waals surface area contributed by atoms with Crippen LogP contribution < -0.4 is 9.47 Å². The van der Waals surface area contributed by atoms with Gasteiger partial charge in [0, 0.05) is 32.2 Å². The molecule has 8 heteroatoms. The lowest BCUT2D eigenvalue weighted by Gasteiger charge is -2.13. The Morgan fingerprint density at radius 3 is 1.83 bits per heavy atom. The average molecular weight is 434 g/mol. The van der Waals surface area contributed by atoms with Crippen molar-refractivity contribution in [3.05, 3.63) is 59.7 Å². The maximum absolute atomic E-state index is 13.9. The molecule has 3 aromatic rings. The molecule has 0 amide bonds. The molecule has 0 aliphatic heterocycles. The third kappa shape index (κ3) is 3.82. The number of thiophene rings is 1. The quantitative estimate of drug-likeness (QED) is 0.273. The molecule has 4 nitrogen and oxygen atoms in total. The number of halogens is 3. The van der Waals surface area contributed by atoms with E-state index in [0.29, 0.717) is 21.0 Å². The summed E-state index contributed by atoms with van der Waals surface area (Å²) in [6, 6.07) is 5.74. The van der Waals surface area contributed by atoms with Crippen molar-refractivity contribution in [1.29, 1.82) is 0 Å². The summed E-state index contributed by atoms with van der Waals surface area (Å²) in [4.78, 5) is 23.7. The van der Waals surface area contributed by atoms with Crippen molar-refractivity contribution >= 4 is 43.4 Å². The number of esters is 2. The molecule has 156 valence electrons. The van der Waals surface area contributed by atoms with Gasteiger partial charge in [-0.2, -0.15) is 13.2 Å². The topological polar surface area (TPSA) is 52.6 Å². The fourth-order valence-electron chi connectivity index (χ4n) is 2.84. The Morgan fingerprint density at radius 1 is 0.867 bits per heavy atom. The number of hydrogen-bond acceptors (Lipinski definition) is 5. The van der Waals surface area contributed by atoms with E-state index in [9.17, 15) is 22.8 Å². The minimum absolute atomic E-state index is 0.0145. The second kappa shape index (κ2) is 7.60. The van der Waals surface area contributed by atoms with E-state index in [-0.39, 0.29) is 21.6 Å². The molecule has 0 N–H and O–H groups in total. The lowest BCUT2D eigenvalue weighted by Crippen LogP contribution is -2.14. The third-order valence-electron chi connectivity index (χ3n) is 4.36. The van der Waals surface area contributed by atoms with Crippen LogP contribution >= 0.6 is 11.3 Å². The summed E-state index contributed by atoms with van der Waals surface area (Å²) in [7, 11) is 0. The molecule has 1 aromatic heterocycles. The van der Waals surface area contributed by atoms with Crippen LogP contribution in [0.3, 0.4) is 0 Å². The number of aryl methyl sites for hydroxylation is 1. The van der Waals surface area contributed by atoms with E-state index in [0.717, 1.165) is 17.4 Å². The van der Waals surface area contributed by atoms with Crippen LogP contribution in [0.2, 0.25) is 0 Å². The minimum Gasteiger partial charge on any atom is -0.423 e. The minimum atomic E-state index is -4.76. The SMILES string of the molecule is C=C(C)C(=O)Oc1ccc2c(sc3c(C(F)(F)F)c(OC(=O)C(=C)C)ccc32)c1C. The first kappa shape index (κ1) is 21.6. The second-order valence-electron chi connectivity index (χ2n) is 6.82. The Labute approximate surface area is 174 Å². The van der Waals surface area contributed by atoms with E-state index in [1.165, 1.54) is 26.0 Å². The predicted octanol–water partition coefficient (Wildman–Crippen LogP) is 6.34. The van der Waals surface area contributed by atoms with Crippen LogP contribution in [0.15, 0.2) is 48.6 Å². The van der Waals surface area contributed by atoms with Crippen LogP contribution in [0.5, 0.6) is 11.5 Å². The third-order valence-corrected chi connectivity index (χ3v) is 5.71. The summed E-state index contributed by atoms with van der Waals surface area (Å²) >= 11 is 0.894. The highest BCUT2D eigenvalue weighted by Gasteiger charge is 2.38. The Morgan fingerprint density at radius 2 is 1.33 bits per heavy atom. The highest BCUT2D eigenvalue weighted by atomic mass is 32.1.